The molecule has 1 aromatic heterocycles. The van der Waals surface area contributed by atoms with Crippen LogP contribution < -0.4 is 0 Å². The van der Waals surface area contributed by atoms with Gasteiger partial charge in [-0.3, -0.25) is 0 Å². The molecule has 0 saturated heterocycles. The molecule has 0 bridgehead atoms. The number of rotatable bonds is 6. The molecule has 0 aromatic carbocycles. The molecule has 17 heavy (non-hydrogen) atoms. The molecule has 1 aliphatic rings. The Morgan fingerprint density at radius 2 is 2.18 bits per heavy atom. The van der Waals surface area contributed by atoms with Crippen LogP contribution in [0.2, 0.25) is 25.7 Å². The van der Waals surface area contributed by atoms with Gasteiger partial charge in [0.25, 0.3) is 0 Å². The van der Waals surface area contributed by atoms with Crippen molar-refractivity contribution in [1.29, 1.82) is 0 Å². The van der Waals surface area contributed by atoms with Crippen LogP contribution in [0, 0.1) is 0 Å². The summed E-state index contributed by atoms with van der Waals surface area (Å²) in [5, 5.41) is 4.36. The van der Waals surface area contributed by atoms with Gasteiger partial charge in [0.2, 0.25) is 0 Å². The minimum Gasteiger partial charge on any atom is -0.360 e. The Morgan fingerprint density at radius 3 is 2.76 bits per heavy atom. The topological polar surface area (TPSA) is 27.1 Å². The average Bonchev–Trinajstić information content (AvgIpc) is 2.57. The van der Waals surface area contributed by atoms with Crippen LogP contribution in [0.3, 0.4) is 0 Å². The lowest BCUT2D eigenvalue weighted by Crippen LogP contribution is -2.22. The molecular formula is C13H24N2OSi. The fourth-order valence-corrected chi connectivity index (χ4v) is 2.70. The highest BCUT2D eigenvalue weighted by atomic mass is 28.3. The molecule has 1 heterocycles. The summed E-state index contributed by atoms with van der Waals surface area (Å²) in [6.45, 7) is 8.60. The normalized spacial score (nSPS) is 17.1. The fraction of sp³-hybridized carbons (Fsp3) is 0.769. The maximum Gasteiger partial charge on any atom is 0.139 e. The summed E-state index contributed by atoms with van der Waals surface area (Å²) in [7, 11) is -0.959. The first-order valence-electron chi connectivity index (χ1n) is 6.65. The van der Waals surface area contributed by atoms with E-state index in [0.717, 1.165) is 12.5 Å². The molecule has 0 amide bonds. The van der Waals surface area contributed by atoms with Gasteiger partial charge in [0, 0.05) is 20.9 Å². The van der Waals surface area contributed by atoms with Crippen LogP contribution in [0.25, 0.3) is 0 Å². The first-order valence-corrected chi connectivity index (χ1v) is 10.4. The highest BCUT2D eigenvalue weighted by molar-refractivity contribution is 6.76. The van der Waals surface area contributed by atoms with E-state index in [1.165, 1.54) is 30.9 Å². The number of nitrogens with zero attached hydrogens (tertiary/aromatic N) is 2. The van der Waals surface area contributed by atoms with Gasteiger partial charge < -0.3 is 4.74 Å². The predicted molar refractivity (Wildman–Crippen MR) is 72.9 cm³/mol. The van der Waals surface area contributed by atoms with Gasteiger partial charge in [-0.1, -0.05) is 26.1 Å². The molecular weight excluding hydrogens is 228 g/mol. The van der Waals surface area contributed by atoms with Gasteiger partial charge in [0.05, 0.1) is 6.20 Å². The lowest BCUT2D eigenvalue weighted by molar-refractivity contribution is 0.0785. The Hall–Kier alpha value is -0.613. The standard InChI is InChI=1S/C13H24N2OSi/c1-17(2,3)8-7-16-11-15-10-13(9-14-15)12-5-4-6-12/h9-10,12H,4-8,11H2,1-3H3. The predicted octanol–water partition coefficient (Wildman–Crippen LogP) is 3.46. The summed E-state index contributed by atoms with van der Waals surface area (Å²) in [6, 6.07) is 1.23. The summed E-state index contributed by atoms with van der Waals surface area (Å²) in [5.74, 6) is 0.769. The lowest BCUT2D eigenvalue weighted by Gasteiger charge is -2.23. The second-order valence-electron chi connectivity index (χ2n) is 6.29. The summed E-state index contributed by atoms with van der Waals surface area (Å²) < 4.78 is 7.60. The zero-order valence-electron chi connectivity index (χ0n) is 11.3. The quantitative estimate of drug-likeness (QED) is 0.572. The van der Waals surface area contributed by atoms with Crippen molar-refractivity contribution >= 4 is 8.07 Å². The molecule has 0 N–H and O–H groups in total. The molecule has 1 aliphatic carbocycles. The van der Waals surface area contributed by atoms with Gasteiger partial charge in [-0.25, -0.2) is 4.68 Å². The van der Waals surface area contributed by atoms with Crippen molar-refractivity contribution in [2.75, 3.05) is 6.61 Å². The minimum atomic E-state index is -0.959. The highest BCUT2D eigenvalue weighted by Gasteiger charge is 2.20. The Labute approximate surface area is 105 Å². The van der Waals surface area contributed by atoms with E-state index in [2.05, 4.69) is 30.9 Å². The van der Waals surface area contributed by atoms with Crippen molar-refractivity contribution in [2.24, 2.45) is 0 Å². The van der Waals surface area contributed by atoms with Crippen molar-refractivity contribution in [3.05, 3.63) is 18.0 Å². The molecule has 0 aliphatic heterocycles. The van der Waals surface area contributed by atoms with Crippen LogP contribution in [0.1, 0.15) is 30.7 Å². The van der Waals surface area contributed by atoms with Crippen molar-refractivity contribution in [3.8, 4) is 0 Å². The summed E-state index contributed by atoms with van der Waals surface area (Å²) in [6.07, 6.45) is 8.21. The van der Waals surface area contributed by atoms with Crippen LogP contribution >= 0.6 is 0 Å². The van der Waals surface area contributed by atoms with Crippen LogP contribution in [-0.2, 0) is 11.5 Å². The molecule has 3 nitrogen and oxygen atoms in total. The van der Waals surface area contributed by atoms with E-state index in [-0.39, 0.29) is 0 Å². The molecule has 0 radical (unpaired) electrons. The van der Waals surface area contributed by atoms with Gasteiger partial charge in [0.15, 0.2) is 0 Å². The van der Waals surface area contributed by atoms with Crippen LogP contribution in [0.15, 0.2) is 12.4 Å². The van der Waals surface area contributed by atoms with Crippen LogP contribution in [0.4, 0.5) is 0 Å². The van der Waals surface area contributed by atoms with E-state index in [4.69, 9.17) is 4.74 Å². The Bertz CT molecular complexity index is 353. The molecule has 96 valence electrons. The SMILES string of the molecule is C[Si](C)(C)CCOCn1cc(C2CCC2)cn1. The number of hydrogen-bond donors (Lipinski definition) is 0. The first kappa shape index (κ1) is 12.8. The smallest absolute Gasteiger partial charge is 0.139 e. The lowest BCUT2D eigenvalue weighted by atomic mass is 9.81. The first-order chi connectivity index (χ1) is 8.04. The second kappa shape index (κ2) is 5.36. The Kier molecular flexibility index (Phi) is 4.04. The molecule has 1 fully saturated rings. The van der Waals surface area contributed by atoms with Crippen LogP contribution in [-0.4, -0.2) is 24.5 Å². The molecule has 0 atom stereocenters. The number of ether oxygens (including phenoxy) is 1. The van der Waals surface area contributed by atoms with E-state index in [9.17, 15) is 0 Å². The monoisotopic (exact) mass is 252 g/mol. The van der Waals surface area contributed by atoms with Gasteiger partial charge in [0.1, 0.15) is 6.73 Å². The van der Waals surface area contributed by atoms with Gasteiger partial charge in [-0.05, 0) is 30.4 Å². The van der Waals surface area contributed by atoms with Crippen molar-refractivity contribution in [1.82, 2.24) is 9.78 Å². The van der Waals surface area contributed by atoms with E-state index < -0.39 is 8.07 Å². The van der Waals surface area contributed by atoms with E-state index in [0.29, 0.717) is 6.73 Å². The zero-order valence-corrected chi connectivity index (χ0v) is 12.3. The van der Waals surface area contributed by atoms with E-state index in [1.807, 2.05) is 10.9 Å². The molecule has 1 aromatic rings. The molecule has 1 saturated carbocycles. The fourth-order valence-electron chi connectivity index (χ4n) is 1.94. The van der Waals surface area contributed by atoms with Gasteiger partial charge in [-0.2, -0.15) is 5.10 Å². The van der Waals surface area contributed by atoms with Crippen LogP contribution in [0.5, 0.6) is 0 Å². The highest BCUT2D eigenvalue weighted by Crippen LogP contribution is 2.35. The molecule has 4 heteroatoms. The number of aromatic nitrogens is 2. The Balaban J connectivity index is 1.70. The zero-order chi connectivity index (χ0) is 12.3. The summed E-state index contributed by atoms with van der Waals surface area (Å²) in [5.41, 5.74) is 1.39. The maximum absolute atomic E-state index is 5.68. The Morgan fingerprint density at radius 1 is 1.41 bits per heavy atom. The summed E-state index contributed by atoms with van der Waals surface area (Å²) in [4.78, 5) is 0. The third-order valence-electron chi connectivity index (χ3n) is 3.45. The second-order valence-corrected chi connectivity index (χ2v) is 11.9. The van der Waals surface area contributed by atoms with E-state index >= 15 is 0 Å². The maximum atomic E-state index is 5.68. The van der Waals surface area contributed by atoms with Crippen molar-refractivity contribution in [3.63, 3.8) is 0 Å². The van der Waals surface area contributed by atoms with Crippen molar-refractivity contribution in [2.45, 2.75) is 57.6 Å². The average molecular weight is 252 g/mol. The summed E-state index contributed by atoms with van der Waals surface area (Å²) >= 11 is 0. The largest absolute Gasteiger partial charge is 0.360 e. The molecule has 2 rings (SSSR count). The van der Waals surface area contributed by atoms with Crippen molar-refractivity contribution < 1.29 is 4.74 Å². The third-order valence-corrected chi connectivity index (χ3v) is 5.15. The molecule has 0 spiro atoms. The van der Waals surface area contributed by atoms with E-state index in [1.54, 1.807) is 0 Å². The number of hydrogen-bond acceptors (Lipinski definition) is 2. The molecule has 0 unspecified atom stereocenters. The van der Waals surface area contributed by atoms with Gasteiger partial charge >= 0.3 is 0 Å². The van der Waals surface area contributed by atoms with Gasteiger partial charge in [-0.15, -0.1) is 0 Å². The third kappa shape index (κ3) is 3.96. The minimum absolute atomic E-state index is 0.608.